The van der Waals surface area contributed by atoms with Crippen LogP contribution in [0.1, 0.15) is 37.4 Å². The molecule has 4 heteroatoms. The van der Waals surface area contributed by atoms with E-state index in [4.69, 9.17) is 4.52 Å². The molecule has 0 bridgehead atoms. The van der Waals surface area contributed by atoms with Crippen LogP contribution in [-0.4, -0.2) is 15.9 Å². The lowest BCUT2D eigenvalue weighted by molar-refractivity contribution is -0.119. The van der Waals surface area contributed by atoms with Crippen LogP contribution in [-0.2, 0) is 17.6 Å². The minimum atomic E-state index is 0.261. The second-order valence-corrected chi connectivity index (χ2v) is 4.67. The smallest absolute Gasteiger partial charge is 0.234 e. The predicted octanol–water partition coefficient (Wildman–Crippen LogP) is 1.54. The number of nitrogens with zero attached hydrogens (tertiary/aromatic N) is 2. The number of Topliss-reactive ketones (excluding diaryl/α,β-unsaturated/α-hetero) is 1. The molecule has 2 saturated carbocycles. The molecule has 2 aliphatic rings. The lowest BCUT2D eigenvalue weighted by Gasteiger charge is -1.90. The van der Waals surface area contributed by atoms with E-state index in [-0.39, 0.29) is 11.7 Å². The maximum atomic E-state index is 11.5. The summed E-state index contributed by atoms with van der Waals surface area (Å²) in [4.78, 5) is 15.7. The van der Waals surface area contributed by atoms with Crippen molar-refractivity contribution in [2.24, 2.45) is 11.8 Å². The average Bonchev–Trinajstić information content (AvgIpc) is 3.08. The summed E-state index contributed by atoms with van der Waals surface area (Å²) < 4.78 is 5.06. The van der Waals surface area contributed by atoms with Gasteiger partial charge in [-0.2, -0.15) is 4.98 Å². The van der Waals surface area contributed by atoms with Gasteiger partial charge in [-0.05, 0) is 31.6 Å². The summed E-state index contributed by atoms with van der Waals surface area (Å²) in [5, 5.41) is 3.89. The normalized spacial score (nSPS) is 20.5. The summed E-state index contributed by atoms with van der Waals surface area (Å²) >= 11 is 0. The van der Waals surface area contributed by atoms with Crippen LogP contribution >= 0.6 is 0 Å². The van der Waals surface area contributed by atoms with Crippen LogP contribution in [0, 0.1) is 11.8 Å². The van der Waals surface area contributed by atoms with Crippen LogP contribution in [0.2, 0.25) is 0 Å². The first-order chi connectivity index (χ1) is 7.31. The molecule has 80 valence electrons. The summed E-state index contributed by atoms with van der Waals surface area (Å²) in [6.07, 6.45) is 5.91. The second kappa shape index (κ2) is 3.43. The first-order valence-corrected chi connectivity index (χ1v) is 5.65. The van der Waals surface area contributed by atoms with E-state index in [1.165, 1.54) is 12.8 Å². The number of hydrogen-bond acceptors (Lipinski definition) is 4. The topological polar surface area (TPSA) is 56.0 Å². The lowest BCUT2D eigenvalue weighted by atomic mass is 10.2. The maximum absolute atomic E-state index is 11.5. The molecular weight excluding hydrogens is 192 g/mol. The fourth-order valence-corrected chi connectivity index (χ4v) is 1.72. The molecule has 1 aromatic rings. The van der Waals surface area contributed by atoms with Crippen molar-refractivity contribution in [1.82, 2.24) is 10.1 Å². The number of carbonyl (C=O) groups is 1. The largest absolute Gasteiger partial charge is 0.339 e. The highest BCUT2D eigenvalue weighted by atomic mass is 16.5. The van der Waals surface area contributed by atoms with E-state index in [0.29, 0.717) is 12.3 Å². The maximum Gasteiger partial charge on any atom is 0.234 e. The van der Waals surface area contributed by atoms with E-state index < -0.39 is 0 Å². The molecule has 1 aromatic heterocycles. The Bertz CT molecular complexity index is 378. The summed E-state index contributed by atoms with van der Waals surface area (Å²) in [5.74, 6) is 2.58. The van der Waals surface area contributed by atoms with E-state index in [0.717, 1.165) is 31.0 Å². The van der Waals surface area contributed by atoms with Crippen molar-refractivity contribution in [2.75, 3.05) is 0 Å². The predicted molar refractivity (Wildman–Crippen MR) is 52.2 cm³/mol. The Morgan fingerprint density at radius 3 is 2.80 bits per heavy atom. The summed E-state index contributed by atoms with van der Waals surface area (Å²) in [6, 6.07) is 0. The molecule has 0 radical (unpaired) electrons. The Morgan fingerprint density at radius 2 is 2.13 bits per heavy atom. The minimum absolute atomic E-state index is 0.261. The number of hydrogen-bond donors (Lipinski definition) is 0. The zero-order chi connectivity index (χ0) is 10.3. The molecule has 1 heterocycles. The number of aromatic nitrogens is 2. The van der Waals surface area contributed by atoms with E-state index in [1.54, 1.807) is 0 Å². The van der Waals surface area contributed by atoms with Crippen molar-refractivity contribution < 1.29 is 9.32 Å². The Kier molecular flexibility index (Phi) is 2.08. The van der Waals surface area contributed by atoms with Crippen molar-refractivity contribution in [3.05, 3.63) is 11.7 Å². The van der Waals surface area contributed by atoms with Crippen molar-refractivity contribution in [2.45, 2.75) is 38.5 Å². The third-order valence-corrected chi connectivity index (χ3v) is 3.04. The highest BCUT2D eigenvalue weighted by molar-refractivity contribution is 5.84. The van der Waals surface area contributed by atoms with Crippen molar-refractivity contribution >= 4 is 5.78 Å². The molecule has 4 nitrogen and oxygen atoms in total. The molecule has 3 rings (SSSR count). The van der Waals surface area contributed by atoms with Gasteiger partial charge >= 0.3 is 0 Å². The average molecular weight is 206 g/mol. The number of carbonyl (C=O) groups excluding carboxylic acids is 1. The molecule has 0 aliphatic heterocycles. The SMILES string of the molecule is O=C(Cc1nc(CC2CC2)no1)C1CC1. The van der Waals surface area contributed by atoms with Gasteiger partial charge in [-0.3, -0.25) is 4.79 Å². The Balaban J connectivity index is 1.59. The van der Waals surface area contributed by atoms with Gasteiger partial charge in [-0.25, -0.2) is 0 Å². The van der Waals surface area contributed by atoms with Crippen LogP contribution in [0.3, 0.4) is 0 Å². The molecule has 0 aromatic carbocycles. The fraction of sp³-hybridized carbons (Fsp3) is 0.727. The highest BCUT2D eigenvalue weighted by Gasteiger charge is 2.31. The molecule has 0 unspecified atom stereocenters. The molecule has 2 fully saturated rings. The summed E-state index contributed by atoms with van der Waals surface area (Å²) in [6.45, 7) is 0. The van der Waals surface area contributed by atoms with E-state index >= 15 is 0 Å². The first-order valence-electron chi connectivity index (χ1n) is 5.65. The van der Waals surface area contributed by atoms with Gasteiger partial charge < -0.3 is 4.52 Å². The van der Waals surface area contributed by atoms with Crippen LogP contribution in [0.5, 0.6) is 0 Å². The number of ketones is 1. The second-order valence-electron chi connectivity index (χ2n) is 4.67. The van der Waals surface area contributed by atoms with Gasteiger partial charge in [0.05, 0.1) is 6.42 Å². The summed E-state index contributed by atoms with van der Waals surface area (Å²) in [7, 11) is 0. The lowest BCUT2D eigenvalue weighted by Crippen LogP contribution is -2.05. The zero-order valence-corrected chi connectivity index (χ0v) is 8.61. The van der Waals surface area contributed by atoms with Gasteiger partial charge in [0.1, 0.15) is 5.78 Å². The van der Waals surface area contributed by atoms with Gasteiger partial charge in [-0.1, -0.05) is 5.16 Å². The molecular formula is C11H14N2O2. The molecule has 0 spiro atoms. The quantitative estimate of drug-likeness (QED) is 0.733. The van der Waals surface area contributed by atoms with Crippen molar-refractivity contribution in [1.29, 1.82) is 0 Å². The standard InChI is InChI=1S/C11H14N2O2/c14-9(8-3-4-8)6-11-12-10(13-15-11)5-7-1-2-7/h7-8H,1-6H2. The monoisotopic (exact) mass is 206 g/mol. The first kappa shape index (κ1) is 9.07. The van der Waals surface area contributed by atoms with Gasteiger partial charge in [-0.15, -0.1) is 0 Å². The molecule has 0 saturated heterocycles. The van der Waals surface area contributed by atoms with Gasteiger partial charge in [0.15, 0.2) is 5.82 Å². The van der Waals surface area contributed by atoms with Crippen LogP contribution in [0.4, 0.5) is 0 Å². The minimum Gasteiger partial charge on any atom is -0.339 e. The number of rotatable bonds is 5. The van der Waals surface area contributed by atoms with Gasteiger partial charge in [0.2, 0.25) is 5.89 Å². The van der Waals surface area contributed by atoms with Crippen LogP contribution in [0.15, 0.2) is 4.52 Å². The van der Waals surface area contributed by atoms with E-state index in [1.807, 2.05) is 0 Å². The fourth-order valence-electron chi connectivity index (χ4n) is 1.72. The van der Waals surface area contributed by atoms with Crippen LogP contribution < -0.4 is 0 Å². The van der Waals surface area contributed by atoms with E-state index in [9.17, 15) is 4.79 Å². The molecule has 2 aliphatic carbocycles. The van der Waals surface area contributed by atoms with Gasteiger partial charge in [0, 0.05) is 12.3 Å². The zero-order valence-electron chi connectivity index (χ0n) is 8.61. The van der Waals surface area contributed by atoms with Crippen molar-refractivity contribution in [3.63, 3.8) is 0 Å². The Labute approximate surface area is 88.1 Å². The Morgan fingerprint density at radius 1 is 1.33 bits per heavy atom. The molecule has 0 N–H and O–H groups in total. The molecule has 15 heavy (non-hydrogen) atoms. The third kappa shape index (κ3) is 2.25. The summed E-state index contributed by atoms with van der Waals surface area (Å²) in [5.41, 5.74) is 0. The van der Waals surface area contributed by atoms with Gasteiger partial charge in [0.25, 0.3) is 0 Å². The van der Waals surface area contributed by atoms with E-state index in [2.05, 4.69) is 10.1 Å². The highest BCUT2D eigenvalue weighted by Crippen LogP contribution is 2.32. The van der Waals surface area contributed by atoms with Crippen molar-refractivity contribution in [3.8, 4) is 0 Å². The van der Waals surface area contributed by atoms with Crippen LogP contribution in [0.25, 0.3) is 0 Å². The molecule has 0 amide bonds. The molecule has 0 atom stereocenters. The third-order valence-electron chi connectivity index (χ3n) is 3.04. The Hall–Kier alpha value is -1.19.